The molecule has 0 saturated heterocycles. The van der Waals surface area contributed by atoms with E-state index in [2.05, 4.69) is 35.9 Å². The molecule has 14 heteroatoms. The van der Waals surface area contributed by atoms with Gasteiger partial charge in [0.25, 0.3) is 5.91 Å². The number of imidazole rings is 1. The molecule has 1 aliphatic heterocycles. The number of amides is 1. The number of hydrogen-bond donors (Lipinski definition) is 3. The van der Waals surface area contributed by atoms with Crippen molar-refractivity contribution < 1.29 is 18.0 Å². The molecule has 0 spiro atoms. The van der Waals surface area contributed by atoms with Gasteiger partial charge in [0.1, 0.15) is 5.69 Å². The van der Waals surface area contributed by atoms with E-state index in [0.717, 1.165) is 34.5 Å². The molecule has 0 fully saturated rings. The summed E-state index contributed by atoms with van der Waals surface area (Å²) in [5, 5.41) is 20.2. The molecule has 5 heterocycles. The third-order valence-electron chi connectivity index (χ3n) is 8.91. The Bertz CT molecular complexity index is 2330. The molecule has 256 valence electrons. The van der Waals surface area contributed by atoms with Gasteiger partial charge in [-0.15, -0.1) is 5.10 Å². The molecule has 8 rings (SSSR count). The molecule has 0 saturated carbocycles. The predicted molar refractivity (Wildman–Crippen MR) is 184 cm³/mol. The molecular weight excluding hydrogens is 657 g/mol. The lowest BCUT2D eigenvalue weighted by Crippen LogP contribution is -2.30. The first-order valence-corrected chi connectivity index (χ1v) is 16.4. The Morgan fingerprint density at radius 3 is 2.63 bits per heavy atom. The quantitative estimate of drug-likeness (QED) is 0.148. The molecule has 0 aliphatic carbocycles. The average Bonchev–Trinajstić information content (AvgIpc) is 3.95. The van der Waals surface area contributed by atoms with Gasteiger partial charge in [-0.1, -0.05) is 53.7 Å². The molecule has 1 aliphatic rings. The van der Waals surface area contributed by atoms with Crippen molar-refractivity contribution in [1.82, 2.24) is 45.0 Å². The monoisotopic (exact) mass is 688 g/mol. The molecule has 3 N–H and O–H groups in total. The standard InChI is InChI=1S/C37H31F3N10O/c38-37(39,40)36-43-28-12-11-26(19-29(28)44-36)34(24-6-2-1-3-7-24)45-35(51)33-31(47-50-17-5-10-32(33)50)22-49-21-30(46-48-49)25-8-4-9-27(18-25)42-20-23-13-15-41-16-14-23/h1-4,6-9,11-16,18-19,21,34,42H,5,10,17,20,22H2,(H,43,44)(H,45,51). The zero-order chi connectivity index (χ0) is 35.0. The van der Waals surface area contributed by atoms with E-state index in [0.29, 0.717) is 42.0 Å². The van der Waals surface area contributed by atoms with E-state index in [1.54, 1.807) is 29.2 Å². The Morgan fingerprint density at radius 1 is 0.961 bits per heavy atom. The van der Waals surface area contributed by atoms with Gasteiger partial charge in [-0.2, -0.15) is 18.3 Å². The average molecular weight is 689 g/mol. The highest BCUT2D eigenvalue weighted by atomic mass is 19.4. The molecule has 3 aromatic carbocycles. The van der Waals surface area contributed by atoms with Gasteiger partial charge < -0.3 is 15.6 Å². The molecule has 0 bridgehead atoms. The maximum atomic E-state index is 14.3. The summed E-state index contributed by atoms with van der Waals surface area (Å²) in [6.45, 7) is 1.56. The number of carbonyl (C=O) groups excluding carboxylic acids is 1. The van der Waals surface area contributed by atoms with Crippen LogP contribution in [0.1, 0.15) is 56.7 Å². The predicted octanol–water partition coefficient (Wildman–Crippen LogP) is 6.56. The highest BCUT2D eigenvalue weighted by Gasteiger charge is 2.35. The third-order valence-corrected chi connectivity index (χ3v) is 8.91. The Balaban J connectivity index is 1.06. The van der Waals surface area contributed by atoms with Crippen LogP contribution in [0.15, 0.2) is 104 Å². The number of anilines is 1. The van der Waals surface area contributed by atoms with Gasteiger partial charge >= 0.3 is 6.18 Å². The minimum absolute atomic E-state index is 0.182. The van der Waals surface area contributed by atoms with Crippen LogP contribution in [0.5, 0.6) is 0 Å². The van der Waals surface area contributed by atoms with Crippen LogP contribution in [0.25, 0.3) is 22.3 Å². The summed E-state index contributed by atoms with van der Waals surface area (Å²) in [7, 11) is 0. The van der Waals surface area contributed by atoms with E-state index in [4.69, 9.17) is 5.10 Å². The molecule has 4 aromatic heterocycles. The van der Waals surface area contributed by atoms with Crippen LogP contribution in [-0.4, -0.2) is 45.6 Å². The number of aromatic nitrogens is 8. The third kappa shape index (κ3) is 6.67. The first-order valence-electron chi connectivity index (χ1n) is 16.4. The number of aryl methyl sites for hydroxylation is 1. The van der Waals surface area contributed by atoms with E-state index in [9.17, 15) is 18.0 Å². The van der Waals surface area contributed by atoms with E-state index in [-0.39, 0.29) is 23.5 Å². The van der Waals surface area contributed by atoms with Crippen molar-refractivity contribution in [3.05, 3.63) is 143 Å². The van der Waals surface area contributed by atoms with Gasteiger partial charge in [-0.05, 0) is 65.9 Å². The lowest BCUT2D eigenvalue weighted by molar-refractivity contribution is -0.144. The Labute approximate surface area is 289 Å². The highest BCUT2D eigenvalue weighted by Crippen LogP contribution is 2.32. The van der Waals surface area contributed by atoms with Crippen molar-refractivity contribution in [2.75, 3.05) is 5.32 Å². The van der Waals surface area contributed by atoms with Crippen LogP contribution >= 0.6 is 0 Å². The lowest BCUT2D eigenvalue weighted by Gasteiger charge is -2.20. The smallest absolute Gasteiger partial charge is 0.381 e. The number of aromatic amines is 1. The maximum Gasteiger partial charge on any atom is 0.449 e. The Hall–Kier alpha value is -6.31. The number of halogens is 3. The zero-order valence-electron chi connectivity index (χ0n) is 27.1. The number of pyridine rings is 1. The molecule has 1 amide bonds. The lowest BCUT2D eigenvalue weighted by atomic mass is 9.97. The molecule has 0 radical (unpaired) electrons. The zero-order valence-corrected chi connectivity index (χ0v) is 27.1. The summed E-state index contributed by atoms with van der Waals surface area (Å²) >= 11 is 0. The number of alkyl halides is 3. The number of H-pyrrole nitrogens is 1. The van der Waals surface area contributed by atoms with Crippen molar-refractivity contribution in [1.29, 1.82) is 0 Å². The van der Waals surface area contributed by atoms with Crippen LogP contribution in [0, 0.1) is 0 Å². The molecule has 51 heavy (non-hydrogen) atoms. The van der Waals surface area contributed by atoms with Gasteiger partial charge in [0, 0.05) is 36.7 Å². The van der Waals surface area contributed by atoms with Gasteiger partial charge in [0.05, 0.1) is 46.8 Å². The first kappa shape index (κ1) is 31.9. The van der Waals surface area contributed by atoms with E-state index >= 15 is 0 Å². The van der Waals surface area contributed by atoms with Crippen LogP contribution in [0.4, 0.5) is 18.9 Å². The number of fused-ring (bicyclic) bond motifs is 2. The summed E-state index contributed by atoms with van der Waals surface area (Å²) in [4.78, 5) is 24.4. The second-order valence-electron chi connectivity index (χ2n) is 12.4. The number of hydrogen-bond acceptors (Lipinski definition) is 7. The SMILES string of the molecule is O=C(NC(c1ccccc1)c1ccc2nc(C(F)(F)F)[nH]c2c1)c1c(Cn2cc(-c3cccc(NCc4ccncc4)c3)nn2)nn2c1CCC2. The fraction of sp³-hybridized carbons (Fsp3) is 0.189. The summed E-state index contributed by atoms with van der Waals surface area (Å²) in [5.74, 6) is -1.41. The van der Waals surface area contributed by atoms with Crippen molar-refractivity contribution >= 4 is 22.6 Å². The van der Waals surface area contributed by atoms with E-state index < -0.39 is 18.0 Å². The fourth-order valence-corrected chi connectivity index (χ4v) is 6.46. The molecular formula is C37H31F3N10O. The first-order chi connectivity index (χ1) is 24.8. The van der Waals surface area contributed by atoms with Gasteiger partial charge in [0.15, 0.2) is 0 Å². The summed E-state index contributed by atoms with van der Waals surface area (Å²) in [5.41, 5.74) is 7.23. The number of nitrogens with zero attached hydrogens (tertiary/aromatic N) is 7. The molecule has 1 atom stereocenters. The minimum Gasteiger partial charge on any atom is -0.381 e. The van der Waals surface area contributed by atoms with Crippen molar-refractivity contribution in [3.63, 3.8) is 0 Å². The topological polar surface area (TPSA) is 131 Å². The molecule has 7 aromatic rings. The van der Waals surface area contributed by atoms with Gasteiger partial charge in [-0.3, -0.25) is 14.5 Å². The Kier molecular flexibility index (Phi) is 8.26. The minimum atomic E-state index is -4.61. The number of rotatable bonds is 10. The summed E-state index contributed by atoms with van der Waals surface area (Å²) in [6.07, 6.45) is 2.29. The second kappa shape index (κ2) is 13.2. The fourth-order valence-electron chi connectivity index (χ4n) is 6.46. The van der Waals surface area contributed by atoms with E-state index in [1.807, 2.05) is 77.6 Å². The maximum absolute atomic E-state index is 14.3. The van der Waals surface area contributed by atoms with Crippen LogP contribution in [0.3, 0.4) is 0 Å². The summed E-state index contributed by atoms with van der Waals surface area (Å²) < 4.78 is 43.7. The van der Waals surface area contributed by atoms with Gasteiger partial charge in [0.2, 0.25) is 5.82 Å². The van der Waals surface area contributed by atoms with Crippen LogP contribution < -0.4 is 10.6 Å². The van der Waals surface area contributed by atoms with Crippen LogP contribution in [0.2, 0.25) is 0 Å². The van der Waals surface area contributed by atoms with Crippen molar-refractivity contribution in [3.8, 4) is 11.3 Å². The Morgan fingerprint density at radius 2 is 1.80 bits per heavy atom. The summed E-state index contributed by atoms with van der Waals surface area (Å²) in [6, 6.07) is 25.3. The normalized spacial score (nSPS) is 13.3. The number of benzene rings is 3. The largest absolute Gasteiger partial charge is 0.449 e. The second-order valence-corrected chi connectivity index (χ2v) is 12.4. The van der Waals surface area contributed by atoms with Crippen molar-refractivity contribution in [2.24, 2.45) is 0 Å². The van der Waals surface area contributed by atoms with Crippen LogP contribution in [-0.2, 0) is 32.2 Å². The van der Waals surface area contributed by atoms with Gasteiger partial charge in [-0.25, -0.2) is 9.67 Å². The van der Waals surface area contributed by atoms with Crippen molar-refractivity contribution in [2.45, 2.75) is 44.7 Å². The highest BCUT2D eigenvalue weighted by molar-refractivity contribution is 5.97. The molecule has 1 unspecified atom stereocenters. The molecule has 11 nitrogen and oxygen atoms in total. The number of nitrogens with one attached hydrogen (secondary N) is 3. The number of carbonyl (C=O) groups is 1. The van der Waals surface area contributed by atoms with E-state index in [1.165, 1.54) is 6.07 Å².